The van der Waals surface area contributed by atoms with Crippen molar-refractivity contribution in [2.24, 2.45) is 0 Å². The molecule has 4 aromatic rings. The van der Waals surface area contributed by atoms with Crippen LogP contribution >= 0.6 is 11.3 Å². The lowest BCUT2D eigenvalue weighted by molar-refractivity contribution is -0.120. The number of para-hydroxylation sites is 1. The first-order valence-corrected chi connectivity index (χ1v) is 12.2. The van der Waals surface area contributed by atoms with Crippen molar-refractivity contribution in [3.05, 3.63) is 77.1 Å². The maximum absolute atomic E-state index is 14.0. The third-order valence-electron chi connectivity index (χ3n) is 6.14. The van der Waals surface area contributed by atoms with Gasteiger partial charge in [-0.15, -0.1) is 11.3 Å². The highest BCUT2D eigenvalue weighted by Gasteiger charge is 2.26. The van der Waals surface area contributed by atoms with Gasteiger partial charge >= 0.3 is 0 Å². The number of carbonyl (C=O) groups excluding carboxylic acids is 2. The third-order valence-corrected chi connectivity index (χ3v) is 7.24. The van der Waals surface area contributed by atoms with E-state index in [9.17, 15) is 14.0 Å². The summed E-state index contributed by atoms with van der Waals surface area (Å²) in [6.45, 7) is 1.74. The van der Waals surface area contributed by atoms with Gasteiger partial charge in [-0.05, 0) is 56.2 Å². The molecule has 0 bridgehead atoms. The Morgan fingerprint density at radius 2 is 1.88 bits per heavy atom. The van der Waals surface area contributed by atoms with Gasteiger partial charge in [0, 0.05) is 17.1 Å². The van der Waals surface area contributed by atoms with E-state index in [1.54, 1.807) is 12.1 Å². The molecule has 6 nitrogen and oxygen atoms in total. The Hall–Kier alpha value is -3.52. The van der Waals surface area contributed by atoms with Gasteiger partial charge in [-0.2, -0.15) is 5.10 Å². The maximum atomic E-state index is 14.0. The summed E-state index contributed by atoms with van der Waals surface area (Å²) in [6, 6.07) is 17.5. The van der Waals surface area contributed by atoms with Crippen molar-refractivity contribution in [2.75, 3.05) is 11.4 Å². The molecule has 1 aliphatic rings. The predicted molar refractivity (Wildman–Crippen MR) is 132 cm³/mol. The van der Waals surface area contributed by atoms with E-state index in [0.717, 1.165) is 47.3 Å². The van der Waals surface area contributed by atoms with Gasteiger partial charge in [-0.3, -0.25) is 14.5 Å². The fourth-order valence-corrected chi connectivity index (χ4v) is 5.57. The largest absolute Gasteiger partial charge is 0.352 e. The molecule has 2 heterocycles. The minimum absolute atomic E-state index is 0.140. The summed E-state index contributed by atoms with van der Waals surface area (Å²) >= 11 is 1.32. The zero-order valence-electron chi connectivity index (χ0n) is 18.8. The van der Waals surface area contributed by atoms with E-state index in [0.29, 0.717) is 10.6 Å². The Bertz CT molecular complexity index is 1340. The van der Waals surface area contributed by atoms with Crippen LogP contribution in [0.4, 0.5) is 10.1 Å². The second-order valence-corrected chi connectivity index (χ2v) is 9.61. The van der Waals surface area contributed by atoms with Crippen molar-refractivity contribution in [1.29, 1.82) is 0 Å². The lowest BCUT2D eigenvalue weighted by Gasteiger charge is -2.23. The van der Waals surface area contributed by atoms with E-state index < -0.39 is 5.82 Å². The van der Waals surface area contributed by atoms with Crippen molar-refractivity contribution < 1.29 is 14.0 Å². The number of rotatable bonds is 6. The highest BCUT2D eigenvalue weighted by Crippen LogP contribution is 2.32. The molecular weight excluding hydrogens is 451 g/mol. The van der Waals surface area contributed by atoms with Crippen LogP contribution in [0.15, 0.2) is 60.7 Å². The monoisotopic (exact) mass is 476 g/mol. The van der Waals surface area contributed by atoms with Crippen molar-refractivity contribution in [3.63, 3.8) is 0 Å². The van der Waals surface area contributed by atoms with Crippen LogP contribution in [0, 0.1) is 12.7 Å². The fraction of sp³-hybridized carbons (Fsp3) is 0.269. The summed E-state index contributed by atoms with van der Waals surface area (Å²) in [6.07, 6.45) is 4.09. The Morgan fingerprint density at radius 1 is 1.12 bits per heavy atom. The summed E-state index contributed by atoms with van der Waals surface area (Å²) in [7, 11) is 0. The summed E-state index contributed by atoms with van der Waals surface area (Å²) in [5.74, 6) is -1.04. The summed E-state index contributed by atoms with van der Waals surface area (Å²) < 4.78 is 15.8. The number of amides is 2. The lowest BCUT2D eigenvalue weighted by Crippen LogP contribution is -2.43. The van der Waals surface area contributed by atoms with E-state index in [1.165, 1.54) is 28.4 Å². The number of nitrogens with zero attached hydrogens (tertiary/aromatic N) is 3. The number of hydrogen-bond acceptors (Lipinski definition) is 4. The number of anilines is 1. The van der Waals surface area contributed by atoms with Crippen molar-refractivity contribution in [1.82, 2.24) is 15.1 Å². The molecule has 0 radical (unpaired) electrons. The number of aryl methyl sites for hydroxylation is 1. The molecule has 8 heteroatoms. The van der Waals surface area contributed by atoms with E-state index in [1.807, 2.05) is 48.0 Å². The predicted octanol–water partition coefficient (Wildman–Crippen LogP) is 5.24. The summed E-state index contributed by atoms with van der Waals surface area (Å²) in [5, 5.41) is 8.53. The van der Waals surface area contributed by atoms with Crippen LogP contribution in [-0.2, 0) is 4.79 Å². The van der Waals surface area contributed by atoms with Crippen LogP contribution in [0.1, 0.15) is 41.0 Å². The van der Waals surface area contributed by atoms with Gasteiger partial charge in [0.05, 0.1) is 16.3 Å². The fourth-order valence-electron chi connectivity index (χ4n) is 4.44. The number of thiophene rings is 1. The summed E-state index contributed by atoms with van der Waals surface area (Å²) in [4.78, 5) is 29.1. The van der Waals surface area contributed by atoms with Crippen LogP contribution in [0.5, 0.6) is 0 Å². The molecule has 174 valence electrons. The third kappa shape index (κ3) is 4.46. The SMILES string of the molecule is Cc1nn(-c2ccccc2)c2sc(C(=O)N(CC(=O)NC3CCCC3)c3cccc(F)c3)cc12. The van der Waals surface area contributed by atoms with Crippen LogP contribution in [-0.4, -0.2) is 34.2 Å². The standard InChI is InChI=1S/C26H25FN4O2S/c1-17-22-15-23(34-26(22)31(29-17)20-11-3-2-4-12-20)25(33)30(21-13-7-8-18(27)14-21)16-24(32)28-19-9-5-6-10-19/h2-4,7-8,11-15,19H,5-6,9-10,16H2,1H3,(H,28,32). The zero-order valence-corrected chi connectivity index (χ0v) is 19.6. The Morgan fingerprint density at radius 3 is 2.62 bits per heavy atom. The van der Waals surface area contributed by atoms with Crippen molar-refractivity contribution in [3.8, 4) is 5.69 Å². The first-order valence-electron chi connectivity index (χ1n) is 11.4. The minimum Gasteiger partial charge on any atom is -0.352 e. The average molecular weight is 477 g/mol. The molecule has 0 saturated heterocycles. The molecular formula is C26H25FN4O2S. The molecule has 0 spiro atoms. The zero-order chi connectivity index (χ0) is 23.7. The summed E-state index contributed by atoms with van der Waals surface area (Å²) in [5.41, 5.74) is 2.07. The van der Waals surface area contributed by atoms with Crippen LogP contribution in [0.25, 0.3) is 15.9 Å². The number of fused-ring (bicyclic) bond motifs is 1. The van der Waals surface area contributed by atoms with Gasteiger partial charge < -0.3 is 5.32 Å². The molecule has 0 aliphatic heterocycles. The Kier molecular flexibility index (Phi) is 6.15. The molecule has 2 aromatic carbocycles. The van der Waals surface area contributed by atoms with Crippen molar-refractivity contribution in [2.45, 2.75) is 38.6 Å². The number of carbonyl (C=O) groups is 2. The molecule has 5 rings (SSSR count). The number of benzene rings is 2. The van der Waals surface area contributed by atoms with Crippen LogP contribution in [0.3, 0.4) is 0 Å². The molecule has 1 aliphatic carbocycles. The number of halogens is 1. The normalized spacial score (nSPS) is 13.9. The number of nitrogens with one attached hydrogen (secondary N) is 1. The van der Waals surface area contributed by atoms with Gasteiger partial charge in [0.15, 0.2) is 0 Å². The number of aromatic nitrogens is 2. The molecule has 2 aromatic heterocycles. The topological polar surface area (TPSA) is 67.2 Å². The van der Waals surface area contributed by atoms with Gasteiger partial charge in [-0.25, -0.2) is 9.07 Å². The highest BCUT2D eigenvalue weighted by atomic mass is 32.1. The first-order chi connectivity index (χ1) is 16.5. The van der Waals surface area contributed by atoms with Gasteiger partial charge in [0.1, 0.15) is 17.2 Å². The Balaban J connectivity index is 1.48. The lowest BCUT2D eigenvalue weighted by atomic mass is 10.2. The van der Waals surface area contributed by atoms with Crippen molar-refractivity contribution >= 4 is 39.1 Å². The molecule has 0 unspecified atom stereocenters. The molecule has 1 saturated carbocycles. The van der Waals surface area contributed by atoms with Crippen LogP contribution < -0.4 is 10.2 Å². The first kappa shape index (κ1) is 22.3. The van der Waals surface area contributed by atoms with E-state index >= 15 is 0 Å². The smallest absolute Gasteiger partial charge is 0.268 e. The molecule has 1 fully saturated rings. The Labute approximate surface area is 201 Å². The average Bonchev–Trinajstić information content (AvgIpc) is 3.56. The van der Waals surface area contributed by atoms with Gasteiger partial charge in [0.2, 0.25) is 5.91 Å². The molecule has 34 heavy (non-hydrogen) atoms. The maximum Gasteiger partial charge on any atom is 0.268 e. The molecule has 0 atom stereocenters. The second kappa shape index (κ2) is 9.38. The molecule has 1 N–H and O–H groups in total. The van der Waals surface area contributed by atoms with E-state index in [2.05, 4.69) is 10.4 Å². The van der Waals surface area contributed by atoms with E-state index in [-0.39, 0.29) is 24.4 Å². The van der Waals surface area contributed by atoms with Crippen LogP contribution in [0.2, 0.25) is 0 Å². The van der Waals surface area contributed by atoms with Gasteiger partial charge in [0.25, 0.3) is 5.91 Å². The quantitative estimate of drug-likeness (QED) is 0.414. The number of hydrogen-bond donors (Lipinski definition) is 1. The van der Waals surface area contributed by atoms with Gasteiger partial charge in [-0.1, -0.05) is 37.1 Å². The van der Waals surface area contributed by atoms with E-state index in [4.69, 9.17) is 0 Å². The minimum atomic E-state index is -0.460. The second-order valence-electron chi connectivity index (χ2n) is 8.58. The molecule has 2 amide bonds. The highest BCUT2D eigenvalue weighted by molar-refractivity contribution is 7.20.